The zero-order valence-electron chi connectivity index (χ0n) is 13.1. The zero-order chi connectivity index (χ0) is 15.3. The van der Waals surface area contributed by atoms with Crippen LogP contribution >= 0.6 is 0 Å². The van der Waals surface area contributed by atoms with Crippen LogP contribution in [-0.4, -0.2) is 32.2 Å². The minimum atomic E-state index is -0.676. The molecule has 0 N–H and O–H groups in total. The Bertz CT molecular complexity index is 462. The average molecular weight is 292 g/mol. The molecule has 0 aromatic heterocycles. The van der Waals surface area contributed by atoms with Crippen LogP contribution in [0.3, 0.4) is 0 Å². The molecule has 0 spiro atoms. The molecular formula is C17H24O4. The van der Waals surface area contributed by atoms with Crippen LogP contribution in [0, 0.1) is 0 Å². The van der Waals surface area contributed by atoms with E-state index in [1.54, 1.807) is 32.4 Å². The summed E-state index contributed by atoms with van der Waals surface area (Å²) in [6.45, 7) is 2.49. The van der Waals surface area contributed by atoms with E-state index in [2.05, 4.69) is 0 Å². The smallest absolute Gasteiger partial charge is 0.194 e. The molecule has 0 radical (unpaired) electrons. The number of rotatable bonds is 6. The number of carbonyl (C=O) groups excluding carboxylic acids is 1. The quantitative estimate of drug-likeness (QED) is 0.751. The van der Waals surface area contributed by atoms with Gasteiger partial charge in [0, 0.05) is 18.2 Å². The number of ether oxygens (including phenoxy) is 3. The summed E-state index contributed by atoms with van der Waals surface area (Å²) in [5, 5.41) is 0. The summed E-state index contributed by atoms with van der Waals surface area (Å²) < 4.78 is 16.4. The third kappa shape index (κ3) is 3.38. The van der Waals surface area contributed by atoms with Gasteiger partial charge in [0.05, 0.1) is 14.2 Å². The van der Waals surface area contributed by atoms with Crippen molar-refractivity contribution in [3.05, 3.63) is 23.8 Å². The first-order chi connectivity index (χ1) is 10.1. The topological polar surface area (TPSA) is 44.8 Å². The summed E-state index contributed by atoms with van der Waals surface area (Å²) in [6.07, 6.45) is 4.82. The molecule has 0 heterocycles. The van der Waals surface area contributed by atoms with Gasteiger partial charge in [0.25, 0.3) is 0 Å². The second-order valence-corrected chi connectivity index (χ2v) is 5.42. The van der Waals surface area contributed by atoms with Crippen LogP contribution in [0.1, 0.15) is 49.4 Å². The van der Waals surface area contributed by atoms with Gasteiger partial charge < -0.3 is 14.2 Å². The van der Waals surface area contributed by atoms with Gasteiger partial charge in [-0.15, -0.1) is 0 Å². The first kappa shape index (κ1) is 15.8. The van der Waals surface area contributed by atoms with Crippen LogP contribution < -0.4 is 9.47 Å². The van der Waals surface area contributed by atoms with E-state index in [1.807, 2.05) is 6.92 Å². The van der Waals surface area contributed by atoms with Gasteiger partial charge in [0.15, 0.2) is 5.78 Å². The van der Waals surface area contributed by atoms with E-state index in [0.717, 1.165) is 25.7 Å². The molecule has 0 amide bonds. The van der Waals surface area contributed by atoms with Gasteiger partial charge in [-0.05, 0) is 31.9 Å². The maximum atomic E-state index is 13.0. The van der Waals surface area contributed by atoms with Crippen LogP contribution in [0.5, 0.6) is 11.5 Å². The summed E-state index contributed by atoms with van der Waals surface area (Å²) in [4.78, 5) is 13.0. The lowest BCUT2D eigenvalue weighted by Gasteiger charge is -2.35. The summed E-state index contributed by atoms with van der Waals surface area (Å²) in [5.74, 6) is 1.29. The van der Waals surface area contributed by atoms with Crippen molar-refractivity contribution in [1.29, 1.82) is 0 Å². The van der Waals surface area contributed by atoms with Crippen LogP contribution in [0.25, 0.3) is 0 Å². The molecule has 0 aliphatic heterocycles. The normalized spacial score (nSPS) is 17.3. The van der Waals surface area contributed by atoms with Gasteiger partial charge in [-0.2, -0.15) is 0 Å². The predicted octanol–water partition coefficient (Wildman–Crippen LogP) is 3.63. The van der Waals surface area contributed by atoms with Crippen molar-refractivity contribution in [2.75, 3.05) is 20.8 Å². The van der Waals surface area contributed by atoms with Crippen molar-refractivity contribution >= 4 is 5.78 Å². The summed E-state index contributed by atoms with van der Waals surface area (Å²) >= 11 is 0. The molecular weight excluding hydrogens is 268 g/mol. The number of hydrogen-bond donors (Lipinski definition) is 0. The number of ketones is 1. The first-order valence-electron chi connectivity index (χ1n) is 7.57. The Morgan fingerprint density at radius 2 is 1.62 bits per heavy atom. The number of hydrogen-bond acceptors (Lipinski definition) is 4. The van der Waals surface area contributed by atoms with Crippen molar-refractivity contribution in [1.82, 2.24) is 0 Å². The van der Waals surface area contributed by atoms with Crippen LogP contribution in [-0.2, 0) is 4.74 Å². The number of benzene rings is 1. The molecule has 0 saturated heterocycles. The summed E-state index contributed by atoms with van der Waals surface area (Å²) in [5.41, 5.74) is -0.0776. The molecule has 0 atom stereocenters. The van der Waals surface area contributed by atoms with Gasteiger partial charge in [-0.1, -0.05) is 19.3 Å². The molecule has 4 nitrogen and oxygen atoms in total. The van der Waals surface area contributed by atoms with Crippen molar-refractivity contribution in [3.63, 3.8) is 0 Å². The largest absolute Gasteiger partial charge is 0.497 e. The standard InChI is InChI=1S/C17H24O4/c1-4-21-17(8-6-5-7-9-17)16(18)13-10-14(19-2)12-15(11-13)20-3/h10-12H,4-9H2,1-3H3. The van der Waals surface area contributed by atoms with E-state index in [9.17, 15) is 4.79 Å². The second kappa shape index (κ2) is 6.94. The lowest BCUT2D eigenvalue weighted by atomic mass is 9.79. The van der Waals surface area contributed by atoms with E-state index in [-0.39, 0.29) is 5.78 Å². The van der Waals surface area contributed by atoms with Gasteiger partial charge in [0.2, 0.25) is 0 Å². The van der Waals surface area contributed by atoms with E-state index in [1.165, 1.54) is 6.42 Å². The highest BCUT2D eigenvalue weighted by atomic mass is 16.5. The lowest BCUT2D eigenvalue weighted by Crippen LogP contribution is -2.43. The molecule has 1 saturated carbocycles. The Balaban J connectivity index is 2.36. The molecule has 116 valence electrons. The van der Waals surface area contributed by atoms with Gasteiger partial charge in [-0.25, -0.2) is 0 Å². The second-order valence-electron chi connectivity index (χ2n) is 5.42. The summed E-state index contributed by atoms with van der Waals surface area (Å²) in [6, 6.07) is 5.30. The molecule has 1 aromatic rings. The SMILES string of the molecule is CCOC1(C(=O)c2cc(OC)cc(OC)c2)CCCCC1. The van der Waals surface area contributed by atoms with Gasteiger partial charge in [0.1, 0.15) is 17.1 Å². The Morgan fingerprint density at radius 1 is 1.05 bits per heavy atom. The third-order valence-electron chi connectivity index (χ3n) is 4.11. The molecule has 1 aliphatic rings. The average Bonchev–Trinajstić information content (AvgIpc) is 2.54. The minimum absolute atomic E-state index is 0.0428. The molecule has 0 bridgehead atoms. The fraction of sp³-hybridized carbons (Fsp3) is 0.588. The number of methoxy groups -OCH3 is 2. The van der Waals surface area contributed by atoms with Gasteiger partial charge >= 0.3 is 0 Å². The molecule has 1 aromatic carbocycles. The molecule has 2 rings (SSSR count). The highest BCUT2D eigenvalue weighted by Crippen LogP contribution is 2.36. The maximum Gasteiger partial charge on any atom is 0.194 e. The fourth-order valence-corrected chi connectivity index (χ4v) is 3.04. The van der Waals surface area contributed by atoms with Crippen molar-refractivity contribution in [2.24, 2.45) is 0 Å². The lowest BCUT2D eigenvalue weighted by molar-refractivity contribution is -0.0411. The van der Waals surface area contributed by atoms with E-state index in [0.29, 0.717) is 23.7 Å². The highest BCUT2D eigenvalue weighted by molar-refractivity contribution is 6.03. The third-order valence-corrected chi connectivity index (χ3v) is 4.11. The van der Waals surface area contributed by atoms with E-state index < -0.39 is 5.60 Å². The first-order valence-corrected chi connectivity index (χ1v) is 7.57. The molecule has 1 aliphatic carbocycles. The van der Waals surface area contributed by atoms with Crippen LogP contribution in [0.2, 0.25) is 0 Å². The van der Waals surface area contributed by atoms with E-state index >= 15 is 0 Å². The number of carbonyl (C=O) groups is 1. The Kier molecular flexibility index (Phi) is 5.23. The van der Waals surface area contributed by atoms with E-state index in [4.69, 9.17) is 14.2 Å². The Labute approximate surface area is 126 Å². The highest BCUT2D eigenvalue weighted by Gasteiger charge is 2.40. The Morgan fingerprint density at radius 3 is 2.10 bits per heavy atom. The zero-order valence-corrected chi connectivity index (χ0v) is 13.1. The van der Waals surface area contributed by atoms with Crippen LogP contribution in [0.4, 0.5) is 0 Å². The monoisotopic (exact) mass is 292 g/mol. The minimum Gasteiger partial charge on any atom is -0.497 e. The van der Waals surface area contributed by atoms with Crippen molar-refractivity contribution in [2.45, 2.75) is 44.6 Å². The van der Waals surface area contributed by atoms with Crippen LogP contribution in [0.15, 0.2) is 18.2 Å². The Hall–Kier alpha value is -1.55. The molecule has 0 unspecified atom stereocenters. The predicted molar refractivity (Wildman–Crippen MR) is 81.3 cm³/mol. The van der Waals surface area contributed by atoms with Crippen molar-refractivity contribution < 1.29 is 19.0 Å². The molecule has 4 heteroatoms. The molecule has 1 fully saturated rings. The van der Waals surface area contributed by atoms with Crippen molar-refractivity contribution in [3.8, 4) is 11.5 Å². The fourth-order valence-electron chi connectivity index (χ4n) is 3.04. The maximum absolute atomic E-state index is 13.0. The molecule has 21 heavy (non-hydrogen) atoms. The van der Waals surface area contributed by atoms with Gasteiger partial charge in [-0.3, -0.25) is 4.79 Å². The summed E-state index contributed by atoms with van der Waals surface area (Å²) in [7, 11) is 3.17. The number of Topliss-reactive ketones (excluding diaryl/α,β-unsaturated/α-hetero) is 1.